The molecule has 0 atom stereocenters. The van der Waals surface area contributed by atoms with Gasteiger partial charge in [-0.05, 0) is 103 Å². The number of methoxy groups -OCH3 is 1. The fraction of sp³-hybridized carbons (Fsp3) is 0.211. The number of thioether (sulfide) groups is 1. The number of carbonyl (C=O) groups is 3. The van der Waals surface area contributed by atoms with Crippen LogP contribution in [-0.2, 0) is 25.7 Å². The van der Waals surface area contributed by atoms with E-state index in [4.69, 9.17) is 14.2 Å². The minimum absolute atomic E-state index is 0.0998. The number of aromatic nitrogens is 3. The molecule has 13 nitrogen and oxygen atoms in total. The van der Waals surface area contributed by atoms with E-state index in [0.29, 0.717) is 34.2 Å². The summed E-state index contributed by atoms with van der Waals surface area (Å²) in [4.78, 5) is 46.6. The molecule has 1 heterocycles. The number of aryl methyl sites for hydroxylation is 2. The molecule has 0 radical (unpaired) electrons. The van der Waals surface area contributed by atoms with Gasteiger partial charge >= 0.3 is 24.3 Å². The van der Waals surface area contributed by atoms with Crippen molar-refractivity contribution in [3.8, 4) is 28.6 Å². The van der Waals surface area contributed by atoms with Gasteiger partial charge in [0.15, 0.2) is 11.0 Å². The number of alkyl halides is 3. The van der Waals surface area contributed by atoms with Crippen molar-refractivity contribution in [1.82, 2.24) is 20.1 Å². The van der Waals surface area contributed by atoms with Gasteiger partial charge in [-0.2, -0.15) is 0 Å². The van der Waals surface area contributed by atoms with Crippen molar-refractivity contribution in [3.05, 3.63) is 114 Å². The molecule has 0 unspecified atom stereocenters. The third kappa shape index (κ3) is 12.3. The van der Waals surface area contributed by atoms with Crippen LogP contribution >= 0.6 is 11.8 Å². The van der Waals surface area contributed by atoms with Gasteiger partial charge < -0.3 is 24.3 Å². The van der Waals surface area contributed by atoms with E-state index in [9.17, 15) is 27.6 Å². The number of aliphatic imine (C=N–C) groups is 1. The van der Waals surface area contributed by atoms with Crippen molar-refractivity contribution in [3.63, 3.8) is 0 Å². The van der Waals surface area contributed by atoms with E-state index >= 15 is 0 Å². The van der Waals surface area contributed by atoms with Gasteiger partial charge in [-0.25, -0.2) is 19.5 Å². The minimum atomic E-state index is -4.80. The predicted molar refractivity (Wildman–Crippen MR) is 199 cm³/mol. The maximum Gasteiger partial charge on any atom is 0.573 e. The highest BCUT2D eigenvalue weighted by molar-refractivity contribution is 8.13. The van der Waals surface area contributed by atoms with Crippen LogP contribution in [0.15, 0.2) is 102 Å². The van der Waals surface area contributed by atoms with E-state index in [-0.39, 0.29) is 36.3 Å². The molecule has 0 fully saturated rings. The molecule has 0 bridgehead atoms. The second-order valence-corrected chi connectivity index (χ2v) is 12.6. The van der Waals surface area contributed by atoms with E-state index in [1.54, 1.807) is 43.5 Å². The van der Waals surface area contributed by atoms with Crippen molar-refractivity contribution >= 4 is 46.3 Å². The number of esters is 2. The molecule has 55 heavy (non-hydrogen) atoms. The number of urea groups is 1. The molecule has 5 aromatic rings. The van der Waals surface area contributed by atoms with Crippen molar-refractivity contribution in [2.75, 3.05) is 18.4 Å². The third-order valence-electron chi connectivity index (χ3n) is 7.55. The Labute approximate surface area is 317 Å². The number of amidine groups is 1. The highest BCUT2D eigenvalue weighted by Gasteiger charge is 2.31. The van der Waals surface area contributed by atoms with Crippen LogP contribution in [0.3, 0.4) is 0 Å². The quantitative estimate of drug-likeness (QED) is 0.0520. The highest BCUT2D eigenvalue weighted by atomic mass is 32.2. The number of benzene rings is 4. The van der Waals surface area contributed by atoms with Gasteiger partial charge in [0.25, 0.3) is 0 Å². The van der Waals surface area contributed by atoms with Crippen LogP contribution in [-0.4, -0.2) is 57.3 Å². The molecule has 286 valence electrons. The van der Waals surface area contributed by atoms with E-state index in [2.05, 4.69) is 30.4 Å². The van der Waals surface area contributed by atoms with Crippen molar-refractivity contribution < 1.29 is 46.5 Å². The number of carbonyl (C=O) groups excluding carboxylic acids is 3. The van der Waals surface area contributed by atoms with Crippen LogP contribution in [0.5, 0.6) is 11.5 Å². The number of anilines is 1. The minimum Gasteiger partial charge on any atom is -0.497 e. The summed E-state index contributed by atoms with van der Waals surface area (Å²) in [6, 6.07) is 23.9. The maximum absolute atomic E-state index is 13.1. The number of amides is 2. The smallest absolute Gasteiger partial charge is 0.497 e. The first-order valence-corrected chi connectivity index (χ1v) is 17.5. The highest BCUT2D eigenvalue weighted by Crippen LogP contribution is 2.30. The van der Waals surface area contributed by atoms with Gasteiger partial charge in [0.2, 0.25) is 0 Å². The first-order valence-electron chi connectivity index (χ1n) is 16.5. The summed E-state index contributed by atoms with van der Waals surface area (Å²) >= 11 is 0.968. The van der Waals surface area contributed by atoms with Gasteiger partial charge in [-0.1, -0.05) is 30.3 Å². The standard InChI is InChI=1S/C38H35F3N6O7S/c1-24-19-31(51-3)20-25(2)34(24)44-37(55-23-53-33(49)18-17-32(48)52-21-26-7-5-4-6-8-26)45-36(50)43-28-11-9-27(10-12-28)35-42-22-47(46-35)29-13-15-30(16-14-29)54-38(39,40)41/h4-16,19-20,22H,17-18,21,23H2,1-3H3,(H2,43,44,45,50). The topological polar surface area (TPSA) is 155 Å². The third-order valence-corrected chi connectivity index (χ3v) is 8.26. The van der Waals surface area contributed by atoms with Gasteiger partial charge in [-0.15, -0.1) is 18.3 Å². The van der Waals surface area contributed by atoms with E-state index in [1.165, 1.54) is 35.3 Å². The van der Waals surface area contributed by atoms with Crippen LogP contribution in [0.25, 0.3) is 17.1 Å². The molecule has 0 saturated carbocycles. The molecule has 17 heteroatoms. The number of ether oxygens (including phenoxy) is 4. The van der Waals surface area contributed by atoms with Crippen molar-refractivity contribution in [2.24, 2.45) is 4.99 Å². The lowest BCUT2D eigenvalue weighted by Crippen LogP contribution is -2.33. The van der Waals surface area contributed by atoms with E-state index < -0.39 is 24.3 Å². The average molecular weight is 777 g/mol. The summed E-state index contributed by atoms with van der Waals surface area (Å²) in [6.07, 6.45) is -3.73. The predicted octanol–water partition coefficient (Wildman–Crippen LogP) is 8.03. The Bertz CT molecular complexity index is 2100. The number of rotatable bonds is 13. The average Bonchev–Trinajstić information content (AvgIpc) is 3.65. The van der Waals surface area contributed by atoms with E-state index in [0.717, 1.165) is 28.5 Å². The Hall–Kier alpha value is -6.36. The largest absolute Gasteiger partial charge is 0.573 e. The lowest BCUT2D eigenvalue weighted by Gasteiger charge is -2.13. The van der Waals surface area contributed by atoms with Gasteiger partial charge in [-0.3, -0.25) is 14.9 Å². The summed E-state index contributed by atoms with van der Waals surface area (Å²) in [5, 5.41) is 9.96. The number of hydrogen-bond donors (Lipinski definition) is 2. The maximum atomic E-state index is 13.1. The molecule has 0 saturated heterocycles. The molecule has 2 amide bonds. The molecular weight excluding hydrogens is 742 g/mol. The lowest BCUT2D eigenvalue weighted by molar-refractivity contribution is -0.274. The van der Waals surface area contributed by atoms with Crippen LogP contribution in [0.1, 0.15) is 29.5 Å². The van der Waals surface area contributed by atoms with Crippen molar-refractivity contribution in [1.29, 1.82) is 0 Å². The fourth-order valence-electron chi connectivity index (χ4n) is 4.93. The molecule has 0 aliphatic carbocycles. The first-order chi connectivity index (χ1) is 26.3. The zero-order valence-electron chi connectivity index (χ0n) is 29.8. The summed E-state index contributed by atoms with van der Waals surface area (Å²) < 4.78 is 58.6. The second kappa shape index (κ2) is 18.6. The lowest BCUT2D eigenvalue weighted by atomic mass is 10.1. The van der Waals surface area contributed by atoms with Gasteiger partial charge in [0.05, 0.1) is 31.3 Å². The molecule has 0 spiro atoms. The van der Waals surface area contributed by atoms with Gasteiger partial charge in [0.1, 0.15) is 30.4 Å². The van der Waals surface area contributed by atoms with Crippen LogP contribution < -0.4 is 20.1 Å². The monoisotopic (exact) mass is 776 g/mol. The van der Waals surface area contributed by atoms with Gasteiger partial charge in [0, 0.05) is 11.3 Å². The summed E-state index contributed by atoms with van der Waals surface area (Å²) in [5.41, 5.74) is 4.47. The summed E-state index contributed by atoms with van der Waals surface area (Å²) in [5.74, 6) is -0.750. The zero-order chi connectivity index (χ0) is 39.4. The number of hydrogen-bond acceptors (Lipinski definition) is 11. The molecule has 5 rings (SSSR count). The Morgan fingerprint density at radius 2 is 1.51 bits per heavy atom. The van der Waals surface area contributed by atoms with Crippen molar-refractivity contribution in [2.45, 2.75) is 39.7 Å². The second-order valence-electron chi connectivity index (χ2n) is 11.7. The summed E-state index contributed by atoms with van der Waals surface area (Å²) in [7, 11) is 1.56. The first kappa shape index (κ1) is 39.8. The molecule has 4 aromatic carbocycles. The molecular formula is C38H35F3N6O7S. The summed E-state index contributed by atoms with van der Waals surface area (Å²) in [6.45, 7) is 3.79. The Balaban J connectivity index is 1.18. The fourth-order valence-corrected chi connectivity index (χ4v) is 5.55. The Morgan fingerprint density at radius 1 is 0.855 bits per heavy atom. The number of halogens is 3. The number of nitrogens with zero attached hydrogens (tertiary/aromatic N) is 4. The zero-order valence-corrected chi connectivity index (χ0v) is 30.6. The van der Waals surface area contributed by atoms with Crippen LogP contribution in [0, 0.1) is 13.8 Å². The molecule has 2 N–H and O–H groups in total. The Morgan fingerprint density at radius 3 is 2.15 bits per heavy atom. The Kier molecular flexibility index (Phi) is 13.5. The normalized spacial score (nSPS) is 11.4. The molecule has 0 aliphatic heterocycles. The van der Waals surface area contributed by atoms with Crippen LogP contribution in [0.4, 0.5) is 29.3 Å². The SMILES string of the molecule is COc1cc(C)c(N=C(NC(=O)Nc2ccc(-c3ncn(-c4ccc(OC(F)(F)F)cc4)n3)cc2)SCOC(=O)CCC(=O)OCc2ccccc2)c(C)c1. The molecule has 0 aliphatic rings. The van der Waals surface area contributed by atoms with Crippen LogP contribution in [0.2, 0.25) is 0 Å². The molecule has 1 aromatic heterocycles. The van der Waals surface area contributed by atoms with E-state index in [1.807, 2.05) is 44.2 Å². The number of nitrogens with one attached hydrogen (secondary N) is 2.